The third-order valence-corrected chi connectivity index (χ3v) is 6.00. The van der Waals surface area contributed by atoms with Crippen LogP contribution in [0.5, 0.6) is 0 Å². The van der Waals surface area contributed by atoms with E-state index in [9.17, 15) is 19.5 Å². The Morgan fingerprint density at radius 1 is 1.03 bits per heavy atom. The molecular weight excluding hydrogens is 386 g/mol. The van der Waals surface area contributed by atoms with Crippen molar-refractivity contribution in [2.24, 2.45) is 5.41 Å². The number of rotatable bonds is 14. The zero-order valence-corrected chi connectivity index (χ0v) is 18.9. The van der Waals surface area contributed by atoms with Crippen LogP contribution >= 0.6 is 11.8 Å². The Labute approximate surface area is 179 Å². The van der Waals surface area contributed by atoms with Crippen molar-refractivity contribution in [2.75, 3.05) is 11.5 Å². The number of carboxylic acid groups (broad SMARTS) is 1. The van der Waals surface area contributed by atoms with Crippen LogP contribution in [0, 0.1) is 5.41 Å². The Hall–Kier alpha value is -1.82. The van der Waals surface area contributed by atoms with Crippen LogP contribution in [0.2, 0.25) is 0 Å². The van der Waals surface area contributed by atoms with Gasteiger partial charge in [-0.2, -0.15) is 11.8 Å². The van der Waals surface area contributed by atoms with Crippen molar-refractivity contribution in [1.29, 1.82) is 0 Å². The van der Waals surface area contributed by atoms with Crippen LogP contribution in [0.25, 0.3) is 0 Å². The van der Waals surface area contributed by atoms with Crippen molar-refractivity contribution in [3.05, 3.63) is 34.9 Å². The van der Waals surface area contributed by atoms with E-state index in [0.717, 1.165) is 25.7 Å². The van der Waals surface area contributed by atoms with Gasteiger partial charge in [0.1, 0.15) is 17.7 Å². The number of amides is 1. The van der Waals surface area contributed by atoms with E-state index in [0.29, 0.717) is 24.9 Å². The quantitative estimate of drug-likeness (QED) is 0.184. The van der Waals surface area contributed by atoms with Crippen LogP contribution in [0.4, 0.5) is 0 Å². The summed E-state index contributed by atoms with van der Waals surface area (Å²) in [4.78, 5) is 34.4. The number of thioether (sulfide) groups is 1. The molecule has 1 fully saturated rings. The molecular formula is C23H35NO4S. The molecule has 1 aliphatic rings. The van der Waals surface area contributed by atoms with Gasteiger partial charge in [0.2, 0.25) is 5.91 Å². The highest BCUT2D eigenvalue weighted by Gasteiger charge is 2.50. The Morgan fingerprint density at radius 2 is 1.62 bits per heavy atom. The first kappa shape index (κ1) is 25.2. The number of hydrogen-bond acceptors (Lipinski definition) is 4. The molecule has 0 radical (unpaired) electrons. The molecule has 0 aromatic rings. The smallest absolute Gasteiger partial charge is 0.327 e. The maximum Gasteiger partial charge on any atom is 0.327 e. The number of aliphatic carboxylic acids is 1. The fourth-order valence-corrected chi connectivity index (χ4v) is 3.74. The molecule has 29 heavy (non-hydrogen) atoms. The predicted molar refractivity (Wildman–Crippen MR) is 120 cm³/mol. The van der Waals surface area contributed by atoms with Gasteiger partial charge in [0.25, 0.3) is 0 Å². The second-order valence-electron chi connectivity index (χ2n) is 8.14. The summed E-state index contributed by atoms with van der Waals surface area (Å²) in [6.45, 7) is 8.49. The summed E-state index contributed by atoms with van der Waals surface area (Å²) in [6, 6.07) is -0.968. The highest BCUT2D eigenvalue weighted by molar-refractivity contribution is 7.99. The molecule has 6 heteroatoms. The molecule has 0 aromatic heterocycles. The van der Waals surface area contributed by atoms with E-state index < -0.39 is 23.3 Å². The average Bonchev–Trinajstić information content (AvgIpc) is 3.45. The number of carboxylic acids is 1. The maximum absolute atomic E-state index is 12.1. The number of allylic oxidation sites excluding steroid dienone is 5. The van der Waals surface area contributed by atoms with Gasteiger partial charge in [0, 0.05) is 11.5 Å². The van der Waals surface area contributed by atoms with E-state index in [2.05, 4.69) is 51.2 Å². The molecule has 2 N–H and O–H groups in total. The van der Waals surface area contributed by atoms with Gasteiger partial charge < -0.3 is 15.2 Å². The second kappa shape index (κ2) is 12.7. The number of hydrogen-bond donors (Lipinski definition) is 2. The Bertz CT molecular complexity index is 670. The third kappa shape index (κ3) is 9.97. The largest absolute Gasteiger partial charge is 0.480 e. The maximum atomic E-state index is 12.1. The lowest BCUT2D eigenvalue weighted by Crippen LogP contribution is -2.46. The van der Waals surface area contributed by atoms with Gasteiger partial charge in [-0.25, -0.2) is 4.79 Å². The first-order valence-corrected chi connectivity index (χ1v) is 11.4. The highest BCUT2D eigenvalue weighted by Crippen LogP contribution is 2.43. The van der Waals surface area contributed by atoms with E-state index in [4.69, 9.17) is 0 Å². The molecule has 1 rings (SSSR count). The van der Waals surface area contributed by atoms with Crippen LogP contribution in [0.3, 0.4) is 0 Å². The Morgan fingerprint density at radius 3 is 2.14 bits per heavy atom. The molecule has 1 amide bonds. The van der Waals surface area contributed by atoms with Crippen molar-refractivity contribution in [2.45, 2.75) is 72.3 Å². The minimum atomic E-state index is -1.07. The molecule has 0 aliphatic heterocycles. The molecule has 5 nitrogen and oxygen atoms in total. The van der Waals surface area contributed by atoms with Crippen LogP contribution in [0.1, 0.15) is 66.2 Å². The van der Waals surface area contributed by atoms with Crippen LogP contribution in [-0.2, 0) is 14.4 Å². The fourth-order valence-electron chi connectivity index (χ4n) is 2.74. The van der Waals surface area contributed by atoms with Crippen molar-refractivity contribution in [3.63, 3.8) is 0 Å². The lowest BCUT2D eigenvalue weighted by molar-refractivity contribution is -0.142. The third-order valence-electron chi connectivity index (χ3n) is 5.03. The lowest BCUT2D eigenvalue weighted by atomic mass is 10.1. The summed E-state index contributed by atoms with van der Waals surface area (Å²) in [5, 5.41) is 11.8. The molecule has 0 aromatic carbocycles. The van der Waals surface area contributed by atoms with Crippen molar-refractivity contribution < 1.29 is 19.5 Å². The van der Waals surface area contributed by atoms with Gasteiger partial charge in [0.15, 0.2) is 0 Å². The number of aldehydes is 1. The van der Waals surface area contributed by atoms with Crippen molar-refractivity contribution in [3.8, 4) is 0 Å². The highest BCUT2D eigenvalue weighted by atomic mass is 32.2. The van der Waals surface area contributed by atoms with Gasteiger partial charge in [-0.3, -0.25) is 4.79 Å². The van der Waals surface area contributed by atoms with E-state index in [1.54, 1.807) is 0 Å². The summed E-state index contributed by atoms with van der Waals surface area (Å²) in [5.41, 5.74) is 3.06. The first-order valence-electron chi connectivity index (χ1n) is 10.2. The number of carbonyl (C=O) groups is 3. The zero-order chi connectivity index (χ0) is 21.9. The van der Waals surface area contributed by atoms with Crippen LogP contribution in [-0.4, -0.2) is 40.8 Å². The van der Waals surface area contributed by atoms with Crippen molar-refractivity contribution >= 4 is 29.9 Å². The predicted octanol–water partition coefficient (Wildman–Crippen LogP) is 4.69. The molecule has 1 unspecified atom stereocenters. The van der Waals surface area contributed by atoms with Gasteiger partial charge in [-0.1, -0.05) is 34.9 Å². The minimum absolute atomic E-state index is 0.281. The van der Waals surface area contributed by atoms with E-state index in [1.165, 1.54) is 28.5 Å². The second-order valence-corrected chi connectivity index (χ2v) is 9.21. The van der Waals surface area contributed by atoms with E-state index >= 15 is 0 Å². The number of nitrogens with one attached hydrogen (secondary N) is 1. The summed E-state index contributed by atoms with van der Waals surface area (Å²) < 4.78 is 0. The Balaban J connectivity index is 2.31. The lowest BCUT2D eigenvalue weighted by Gasteiger charge is -2.16. The number of carbonyl (C=O) groups excluding carboxylic acids is 2. The van der Waals surface area contributed by atoms with E-state index in [1.807, 2.05) is 0 Å². The molecule has 162 valence electrons. The summed E-state index contributed by atoms with van der Waals surface area (Å²) in [5.74, 6) is -0.544. The summed E-state index contributed by atoms with van der Waals surface area (Å²) in [7, 11) is 0. The summed E-state index contributed by atoms with van der Waals surface area (Å²) >= 11 is 1.47. The van der Waals surface area contributed by atoms with Crippen molar-refractivity contribution in [1.82, 2.24) is 5.32 Å². The minimum Gasteiger partial charge on any atom is -0.480 e. The zero-order valence-electron chi connectivity index (χ0n) is 18.1. The molecule has 1 saturated carbocycles. The van der Waals surface area contributed by atoms with Gasteiger partial charge in [-0.15, -0.1) is 0 Å². The molecule has 1 aliphatic carbocycles. The Kier molecular flexibility index (Phi) is 11.0. The topological polar surface area (TPSA) is 83.5 Å². The normalized spacial score (nSPS) is 16.7. The van der Waals surface area contributed by atoms with Crippen LogP contribution in [0.15, 0.2) is 34.9 Å². The molecule has 0 bridgehead atoms. The van der Waals surface area contributed by atoms with Gasteiger partial charge in [0.05, 0.1) is 0 Å². The van der Waals surface area contributed by atoms with Gasteiger partial charge in [-0.05, 0) is 66.2 Å². The SMILES string of the molecule is CC(C)=CCC/C(C)=C/CC/C(C)=C/CSCC(NC(=O)C1(C=O)CC1)C(=O)O. The molecule has 1 atom stereocenters. The van der Waals surface area contributed by atoms with Crippen LogP contribution < -0.4 is 5.32 Å². The molecule has 0 heterocycles. The monoisotopic (exact) mass is 421 g/mol. The van der Waals surface area contributed by atoms with E-state index in [-0.39, 0.29) is 5.75 Å². The summed E-state index contributed by atoms with van der Waals surface area (Å²) in [6.07, 6.45) is 12.5. The average molecular weight is 422 g/mol. The first-order chi connectivity index (χ1) is 13.7. The fraction of sp³-hybridized carbons (Fsp3) is 0.609. The van der Waals surface area contributed by atoms with Gasteiger partial charge >= 0.3 is 5.97 Å². The molecule has 0 spiro atoms. The standard InChI is InChI=1S/C23H35NO4S/c1-17(2)7-5-8-18(3)9-6-10-19(4)11-14-29-15-20(21(26)27)24-22(28)23(16-25)12-13-23/h7,9,11,16,20H,5-6,8,10,12-15H2,1-4H3,(H,24,28)(H,26,27)/b18-9+,19-11+. The molecule has 0 saturated heterocycles.